The summed E-state index contributed by atoms with van der Waals surface area (Å²) in [5.41, 5.74) is 12.6. The van der Waals surface area contributed by atoms with Crippen LogP contribution < -0.4 is 24.8 Å². The van der Waals surface area contributed by atoms with Crippen LogP contribution in [0.3, 0.4) is 0 Å². The molecule has 4 saturated carbocycles. The Labute approximate surface area is 303 Å². The summed E-state index contributed by atoms with van der Waals surface area (Å²) in [6, 6.07) is 15.1. The summed E-state index contributed by atoms with van der Waals surface area (Å²) in [5, 5.41) is 0. The standard InChI is InChI=1S/C21H25.C18H25.C3H6.2ClH.Zr/c1-20(2,3)16-9-7-14-11-15-8-10-17(21(4,5)6)13-19(15)18(14)12-16;1-12-3-13(2)17(4-12)11-18-8-14-5-15(9-18)7-16(6-14)10-18;1-3-2;;;/h7,9-10,12-13H,11H2,1-6H3;4,12,14-16H,5-11H2,1-2H3;1-2H3;2*1H;/q2*-1;;;;+2/p-2. The van der Waals surface area contributed by atoms with Gasteiger partial charge in [0.05, 0.1) is 0 Å². The first-order valence-corrected chi connectivity index (χ1v) is 18.3. The van der Waals surface area contributed by atoms with Crippen LogP contribution in [-0.4, -0.2) is 3.21 Å². The maximum absolute atomic E-state index is 3.57. The molecule has 4 fully saturated rings. The van der Waals surface area contributed by atoms with Gasteiger partial charge in [-0.3, -0.25) is 6.08 Å². The fraction of sp³-hybridized carbons (Fsp3) is 0.595. The molecule has 0 spiro atoms. The summed E-state index contributed by atoms with van der Waals surface area (Å²) in [5.74, 6) is 3.82. The van der Waals surface area contributed by atoms with Crippen molar-refractivity contribution in [2.45, 2.75) is 131 Å². The molecule has 1 unspecified atom stereocenters. The Morgan fingerprint density at radius 2 is 1.36 bits per heavy atom. The zero-order valence-corrected chi connectivity index (χ0v) is 33.7. The minimum Gasteiger partial charge on any atom is -1.00 e. The molecule has 4 bridgehead atoms. The summed E-state index contributed by atoms with van der Waals surface area (Å²) in [7, 11) is 0. The van der Waals surface area contributed by atoms with Crippen LogP contribution in [0.1, 0.15) is 136 Å². The number of benzene rings is 2. The topological polar surface area (TPSA) is 0 Å². The summed E-state index contributed by atoms with van der Waals surface area (Å²) in [4.78, 5) is 0. The molecule has 0 nitrogen and oxygen atoms in total. The van der Waals surface area contributed by atoms with Crippen molar-refractivity contribution >= 4 is 3.21 Å². The number of halogens is 2. The van der Waals surface area contributed by atoms with Gasteiger partial charge in [0, 0.05) is 0 Å². The molecule has 0 saturated heterocycles. The van der Waals surface area contributed by atoms with Crippen molar-refractivity contribution < 1.29 is 49.0 Å². The van der Waals surface area contributed by atoms with Gasteiger partial charge in [-0.05, 0) is 79.1 Å². The minimum atomic E-state index is 0. The van der Waals surface area contributed by atoms with Gasteiger partial charge in [0.2, 0.25) is 0 Å². The van der Waals surface area contributed by atoms with Crippen LogP contribution in [0.15, 0.2) is 47.6 Å². The molecule has 0 N–H and O–H groups in total. The first-order valence-electron chi connectivity index (χ1n) is 17.0. The second kappa shape index (κ2) is 14.8. The zero-order valence-electron chi connectivity index (χ0n) is 29.7. The molecule has 244 valence electrons. The summed E-state index contributed by atoms with van der Waals surface area (Å²) < 4.78 is 1.51. The maximum Gasteiger partial charge on any atom is -1.00 e. The van der Waals surface area contributed by atoms with E-state index in [0.717, 1.165) is 24.2 Å². The minimum absolute atomic E-state index is 0. The van der Waals surface area contributed by atoms with E-state index in [-0.39, 0.29) is 35.6 Å². The fourth-order valence-electron chi connectivity index (χ4n) is 8.99. The molecule has 45 heavy (non-hydrogen) atoms. The average Bonchev–Trinajstić information content (AvgIpc) is 3.39. The van der Waals surface area contributed by atoms with E-state index in [0.29, 0.717) is 11.3 Å². The third-order valence-corrected chi connectivity index (χ3v) is 10.6. The fourth-order valence-corrected chi connectivity index (χ4v) is 8.99. The van der Waals surface area contributed by atoms with Crippen LogP contribution in [0.5, 0.6) is 0 Å². The Morgan fingerprint density at radius 3 is 1.82 bits per heavy atom. The van der Waals surface area contributed by atoms with E-state index in [9.17, 15) is 0 Å². The quantitative estimate of drug-likeness (QED) is 0.315. The predicted octanol–water partition coefficient (Wildman–Crippen LogP) is 5.32. The molecule has 6 aliphatic rings. The van der Waals surface area contributed by atoms with E-state index in [2.05, 4.69) is 118 Å². The van der Waals surface area contributed by atoms with E-state index < -0.39 is 0 Å². The largest absolute Gasteiger partial charge is 1.00 e. The second-order valence-corrected chi connectivity index (χ2v) is 19.6. The molecule has 8 rings (SSSR count). The SMILES string of the molecule is CC(C)(C)c1c[c-]c2c(c1)-c1cc(C(C)(C)C)ccc1C2.CC1=[C-]C(C)C=C1CC12CC3CC(CC(C3)C1)C2.C[C](C)=[Zr+2].[Cl-].[Cl-]. The molecule has 2 aromatic carbocycles. The van der Waals surface area contributed by atoms with Gasteiger partial charge in [-0.2, -0.15) is 41.0 Å². The van der Waals surface area contributed by atoms with Gasteiger partial charge in [-0.25, -0.2) is 5.57 Å². The molecule has 0 aliphatic heterocycles. The van der Waals surface area contributed by atoms with Crippen molar-refractivity contribution in [2.75, 3.05) is 0 Å². The van der Waals surface area contributed by atoms with Crippen LogP contribution in [0, 0.1) is 41.2 Å². The number of rotatable bonds is 2. The third kappa shape index (κ3) is 9.24. The van der Waals surface area contributed by atoms with Crippen LogP contribution in [-0.2, 0) is 41.5 Å². The van der Waals surface area contributed by atoms with E-state index >= 15 is 0 Å². The number of fused-ring (bicyclic) bond motifs is 3. The summed E-state index contributed by atoms with van der Waals surface area (Å²) >= 11 is 1.55. The van der Waals surface area contributed by atoms with Crippen molar-refractivity contribution in [2.24, 2.45) is 29.1 Å². The number of hydrogen-bond donors (Lipinski definition) is 0. The van der Waals surface area contributed by atoms with Crippen molar-refractivity contribution in [3.8, 4) is 11.1 Å². The smallest absolute Gasteiger partial charge is 1.00 e. The van der Waals surface area contributed by atoms with Gasteiger partial charge in [0.1, 0.15) is 0 Å². The molecule has 0 aromatic heterocycles. The normalized spacial score (nSPS) is 26.9. The first-order chi connectivity index (χ1) is 20.0. The van der Waals surface area contributed by atoms with Crippen molar-refractivity contribution in [3.05, 3.63) is 82.0 Å². The van der Waals surface area contributed by atoms with E-state index in [1.165, 1.54) is 48.6 Å². The van der Waals surface area contributed by atoms with Crippen LogP contribution in [0.25, 0.3) is 11.1 Å². The molecule has 0 radical (unpaired) electrons. The van der Waals surface area contributed by atoms with Gasteiger partial charge in [-0.15, -0.1) is 5.56 Å². The van der Waals surface area contributed by atoms with Gasteiger partial charge >= 0.3 is 41.3 Å². The summed E-state index contributed by atoms with van der Waals surface area (Å²) in [6.07, 6.45) is 17.8. The predicted molar refractivity (Wildman–Crippen MR) is 182 cm³/mol. The van der Waals surface area contributed by atoms with E-state index in [1.54, 1.807) is 68.3 Å². The molecule has 0 amide bonds. The van der Waals surface area contributed by atoms with E-state index in [1.807, 2.05) is 0 Å². The molecule has 3 heteroatoms. The van der Waals surface area contributed by atoms with Gasteiger partial charge in [0.25, 0.3) is 0 Å². The molecule has 2 aromatic rings. The molecular weight excluding hydrogens is 667 g/mol. The number of allylic oxidation sites excluding steroid dienone is 4. The van der Waals surface area contributed by atoms with Crippen LogP contribution in [0.2, 0.25) is 0 Å². The average molecular weight is 723 g/mol. The van der Waals surface area contributed by atoms with Crippen molar-refractivity contribution in [1.82, 2.24) is 0 Å². The third-order valence-electron chi connectivity index (χ3n) is 10.6. The Kier molecular flexibility index (Phi) is 12.7. The van der Waals surface area contributed by atoms with Gasteiger partial charge < -0.3 is 24.8 Å². The van der Waals surface area contributed by atoms with Gasteiger partial charge in [0.15, 0.2) is 0 Å². The second-order valence-electron chi connectivity index (χ2n) is 17.2. The Hall–Kier alpha value is -0.747. The molecular formula is C42H56Cl2Zr-2. The first kappa shape index (κ1) is 38.7. The molecule has 1 atom stereocenters. The van der Waals surface area contributed by atoms with Crippen molar-refractivity contribution in [1.29, 1.82) is 0 Å². The Balaban J connectivity index is 0.000000213. The van der Waals surface area contributed by atoms with Crippen molar-refractivity contribution in [3.63, 3.8) is 0 Å². The van der Waals surface area contributed by atoms with Crippen LogP contribution in [0.4, 0.5) is 0 Å². The monoisotopic (exact) mass is 720 g/mol. The molecule has 0 heterocycles. The Bertz CT molecular complexity index is 1330. The summed E-state index contributed by atoms with van der Waals surface area (Å²) in [6.45, 7) is 22.4. The number of hydrogen-bond acceptors (Lipinski definition) is 0. The zero-order chi connectivity index (χ0) is 31.3. The van der Waals surface area contributed by atoms with Gasteiger partial charge in [-0.1, -0.05) is 102 Å². The maximum atomic E-state index is 3.57. The van der Waals surface area contributed by atoms with Crippen LogP contribution >= 0.6 is 0 Å². The van der Waals surface area contributed by atoms with E-state index in [4.69, 9.17) is 0 Å². The molecule has 6 aliphatic carbocycles. The Morgan fingerprint density at radius 1 is 0.844 bits per heavy atom.